The Labute approximate surface area is 113 Å². The van der Waals surface area contributed by atoms with E-state index in [1.807, 2.05) is 32.8 Å². The lowest BCUT2D eigenvalue weighted by Gasteiger charge is -2.13. The molecule has 1 aromatic rings. The summed E-state index contributed by atoms with van der Waals surface area (Å²) < 4.78 is 42.9. The van der Waals surface area contributed by atoms with Crippen LogP contribution in [0.2, 0.25) is 0 Å². The normalized spacial score (nSPS) is 11.0. The number of rotatable bonds is 4. The molecule has 0 radical (unpaired) electrons. The SMILES string of the molecule is CC.Cc1cc(OCCN(C)C)cc(C(F)(F)F)c1. The highest BCUT2D eigenvalue weighted by Gasteiger charge is 2.31. The van der Waals surface area contributed by atoms with Gasteiger partial charge in [-0.15, -0.1) is 0 Å². The molecule has 0 aliphatic carbocycles. The van der Waals surface area contributed by atoms with E-state index in [1.54, 1.807) is 13.0 Å². The van der Waals surface area contributed by atoms with Gasteiger partial charge in [-0.3, -0.25) is 0 Å². The first-order valence-corrected chi connectivity index (χ1v) is 6.25. The van der Waals surface area contributed by atoms with Gasteiger partial charge in [0.2, 0.25) is 0 Å². The Kier molecular flexibility index (Phi) is 7.52. The third kappa shape index (κ3) is 7.06. The third-order valence-electron chi connectivity index (χ3n) is 2.19. The molecule has 19 heavy (non-hydrogen) atoms. The maximum atomic E-state index is 12.5. The molecule has 0 heterocycles. The Bertz CT molecular complexity index is 375. The molecular formula is C14H22F3NO. The van der Waals surface area contributed by atoms with E-state index in [1.165, 1.54) is 0 Å². The van der Waals surface area contributed by atoms with Crippen molar-refractivity contribution in [2.45, 2.75) is 26.9 Å². The summed E-state index contributed by atoms with van der Waals surface area (Å²) in [7, 11) is 3.75. The van der Waals surface area contributed by atoms with Gasteiger partial charge in [-0.25, -0.2) is 0 Å². The molecule has 0 unspecified atom stereocenters. The standard InChI is InChI=1S/C12H16F3NO.C2H6/c1-9-6-10(12(13,14)15)8-11(7-9)17-5-4-16(2)3;1-2/h6-8H,4-5H2,1-3H3;1-2H3. The van der Waals surface area contributed by atoms with Crippen LogP contribution in [0.3, 0.4) is 0 Å². The fourth-order valence-corrected chi connectivity index (χ4v) is 1.34. The fraction of sp³-hybridized carbons (Fsp3) is 0.571. The number of alkyl halides is 3. The lowest BCUT2D eigenvalue weighted by molar-refractivity contribution is -0.137. The first-order valence-electron chi connectivity index (χ1n) is 6.25. The molecule has 0 aliphatic heterocycles. The number of likely N-dealkylation sites (N-methyl/N-ethyl adjacent to an activating group) is 1. The molecule has 5 heteroatoms. The van der Waals surface area contributed by atoms with Crippen molar-refractivity contribution < 1.29 is 17.9 Å². The van der Waals surface area contributed by atoms with Crippen molar-refractivity contribution in [1.82, 2.24) is 4.90 Å². The van der Waals surface area contributed by atoms with Gasteiger partial charge in [0.05, 0.1) is 5.56 Å². The maximum absolute atomic E-state index is 12.5. The second-order valence-corrected chi connectivity index (χ2v) is 4.18. The molecule has 0 amide bonds. The molecule has 110 valence electrons. The van der Waals surface area contributed by atoms with Crippen molar-refractivity contribution in [3.05, 3.63) is 29.3 Å². The number of ether oxygens (including phenoxy) is 1. The summed E-state index contributed by atoms with van der Waals surface area (Å²) in [6, 6.07) is 3.74. The van der Waals surface area contributed by atoms with E-state index >= 15 is 0 Å². The van der Waals surface area contributed by atoms with E-state index in [2.05, 4.69) is 0 Å². The van der Waals surface area contributed by atoms with Gasteiger partial charge in [-0.2, -0.15) is 13.2 Å². The van der Waals surface area contributed by atoms with E-state index in [4.69, 9.17) is 4.74 Å². The number of hydrogen-bond donors (Lipinski definition) is 0. The minimum Gasteiger partial charge on any atom is -0.492 e. The number of benzene rings is 1. The zero-order valence-electron chi connectivity index (χ0n) is 12.1. The summed E-state index contributed by atoms with van der Waals surface area (Å²) in [4.78, 5) is 1.90. The Morgan fingerprint density at radius 2 is 1.68 bits per heavy atom. The highest BCUT2D eigenvalue weighted by Crippen LogP contribution is 2.32. The van der Waals surface area contributed by atoms with Crippen molar-refractivity contribution in [1.29, 1.82) is 0 Å². The first kappa shape index (κ1) is 17.8. The fourth-order valence-electron chi connectivity index (χ4n) is 1.34. The number of nitrogens with zero attached hydrogens (tertiary/aromatic N) is 1. The summed E-state index contributed by atoms with van der Waals surface area (Å²) in [5.41, 5.74) is -0.128. The van der Waals surface area contributed by atoms with Gasteiger partial charge in [0.1, 0.15) is 12.4 Å². The minimum atomic E-state index is -4.33. The largest absolute Gasteiger partial charge is 0.492 e. The van der Waals surface area contributed by atoms with Crippen LogP contribution < -0.4 is 4.74 Å². The van der Waals surface area contributed by atoms with Crippen LogP contribution in [0.5, 0.6) is 5.75 Å². The van der Waals surface area contributed by atoms with E-state index in [9.17, 15) is 13.2 Å². The van der Waals surface area contributed by atoms with Crippen LogP contribution in [0.15, 0.2) is 18.2 Å². The van der Waals surface area contributed by atoms with Gasteiger partial charge in [0.15, 0.2) is 0 Å². The predicted octanol–water partition coefficient (Wildman–Crippen LogP) is 3.98. The van der Waals surface area contributed by atoms with Gasteiger partial charge < -0.3 is 9.64 Å². The Morgan fingerprint density at radius 3 is 2.16 bits per heavy atom. The predicted molar refractivity (Wildman–Crippen MR) is 71.6 cm³/mol. The van der Waals surface area contributed by atoms with Gasteiger partial charge in [0, 0.05) is 6.54 Å². The topological polar surface area (TPSA) is 12.5 Å². The second-order valence-electron chi connectivity index (χ2n) is 4.18. The Morgan fingerprint density at radius 1 is 1.11 bits per heavy atom. The molecule has 0 saturated carbocycles. The van der Waals surface area contributed by atoms with E-state index in [-0.39, 0.29) is 5.75 Å². The molecule has 0 spiro atoms. The molecule has 0 fully saturated rings. The summed E-state index contributed by atoms with van der Waals surface area (Å²) in [5, 5.41) is 0. The minimum absolute atomic E-state index is 0.263. The molecule has 2 nitrogen and oxygen atoms in total. The van der Waals surface area contributed by atoms with Crippen molar-refractivity contribution in [2.24, 2.45) is 0 Å². The van der Waals surface area contributed by atoms with Crippen molar-refractivity contribution in [3.8, 4) is 5.75 Å². The summed E-state index contributed by atoms with van der Waals surface area (Å²) in [6.07, 6.45) is -4.33. The third-order valence-corrected chi connectivity index (χ3v) is 2.19. The Balaban J connectivity index is 0.00000154. The van der Waals surface area contributed by atoms with Crippen molar-refractivity contribution >= 4 is 0 Å². The smallest absolute Gasteiger partial charge is 0.416 e. The average Bonchev–Trinajstić information content (AvgIpc) is 2.29. The van der Waals surface area contributed by atoms with Crippen LogP contribution in [0, 0.1) is 6.92 Å². The van der Waals surface area contributed by atoms with E-state index < -0.39 is 11.7 Å². The van der Waals surface area contributed by atoms with Crippen molar-refractivity contribution in [3.63, 3.8) is 0 Å². The second kappa shape index (κ2) is 8.04. The lowest BCUT2D eigenvalue weighted by atomic mass is 10.1. The van der Waals surface area contributed by atoms with Crippen LogP contribution in [-0.4, -0.2) is 32.1 Å². The van der Waals surface area contributed by atoms with Crippen LogP contribution in [-0.2, 0) is 6.18 Å². The summed E-state index contributed by atoms with van der Waals surface area (Å²) in [6.45, 7) is 6.65. The Hall–Kier alpha value is -1.23. The zero-order chi connectivity index (χ0) is 15.1. The number of hydrogen-bond acceptors (Lipinski definition) is 2. The van der Waals surface area contributed by atoms with Crippen LogP contribution >= 0.6 is 0 Å². The quantitative estimate of drug-likeness (QED) is 0.825. The van der Waals surface area contributed by atoms with Crippen LogP contribution in [0.4, 0.5) is 13.2 Å². The highest BCUT2D eigenvalue weighted by molar-refractivity contribution is 5.35. The molecule has 0 atom stereocenters. The molecule has 0 bridgehead atoms. The van der Waals surface area contributed by atoms with Crippen LogP contribution in [0.25, 0.3) is 0 Å². The molecule has 1 rings (SSSR count). The molecule has 0 saturated heterocycles. The number of halogens is 3. The summed E-state index contributed by atoms with van der Waals surface area (Å²) in [5.74, 6) is 0.263. The molecular weight excluding hydrogens is 255 g/mol. The summed E-state index contributed by atoms with van der Waals surface area (Å²) >= 11 is 0. The monoisotopic (exact) mass is 277 g/mol. The molecule has 0 aliphatic rings. The average molecular weight is 277 g/mol. The zero-order valence-corrected chi connectivity index (χ0v) is 12.1. The number of aryl methyl sites for hydroxylation is 1. The van der Waals surface area contributed by atoms with E-state index in [0.29, 0.717) is 18.7 Å². The van der Waals surface area contributed by atoms with E-state index in [0.717, 1.165) is 12.1 Å². The van der Waals surface area contributed by atoms with Gasteiger partial charge in [0.25, 0.3) is 0 Å². The van der Waals surface area contributed by atoms with Crippen LogP contribution in [0.1, 0.15) is 25.0 Å². The van der Waals surface area contributed by atoms with Gasteiger partial charge in [-0.1, -0.05) is 13.8 Å². The molecule has 0 aromatic heterocycles. The maximum Gasteiger partial charge on any atom is 0.416 e. The van der Waals surface area contributed by atoms with Gasteiger partial charge in [-0.05, 0) is 44.8 Å². The first-order chi connectivity index (χ1) is 8.79. The van der Waals surface area contributed by atoms with Gasteiger partial charge >= 0.3 is 6.18 Å². The molecule has 1 aromatic carbocycles. The molecule has 0 N–H and O–H groups in total. The lowest BCUT2D eigenvalue weighted by Crippen LogP contribution is -2.19. The highest BCUT2D eigenvalue weighted by atomic mass is 19.4. The van der Waals surface area contributed by atoms with Crippen molar-refractivity contribution in [2.75, 3.05) is 27.2 Å².